The van der Waals surface area contributed by atoms with Crippen LogP contribution in [-0.2, 0) is 11.2 Å². The maximum absolute atomic E-state index is 10.4. The third-order valence-corrected chi connectivity index (χ3v) is 6.39. The number of nitrogens with one attached hydrogen (secondary N) is 1. The van der Waals surface area contributed by atoms with Gasteiger partial charge in [0.25, 0.3) is 11.1 Å². The molecule has 1 aliphatic carbocycles. The molecule has 0 saturated heterocycles. The topological polar surface area (TPSA) is 84.2 Å². The fraction of sp³-hybridized carbons (Fsp3) is 0.304. The van der Waals surface area contributed by atoms with Gasteiger partial charge in [0.05, 0.1) is 24.4 Å². The number of fused-ring (bicyclic) bond motifs is 2. The molecule has 0 radical (unpaired) electrons. The zero-order valence-corrected chi connectivity index (χ0v) is 17.3. The van der Waals surface area contributed by atoms with Gasteiger partial charge in [-0.3, -0.25) is 0 Å². The lowest BCUT2D eigenvalue weighted by Gasteiger charge is -2.26. The van der Waals surface area contributed by atoms with Crippen LogP contribution in [0.5, 0.6) is 0 Å². The van der Waals surface area contributed by atoms with Crippen molar-refractivity contribution in [2.45, 2.75) is 36.7 Å². The minimum absolute atomic E-state index is 0.0616. The fourth-order valence-corrected chi connectivity index (χ4v) is 4.62. The van der Waals surface area contributed by atoms with Gasteiger partial charge in [0.1, 0.15) is 0 Å². The number of aromatic nitrogens is 3. The van der Waals surface area contributed by atoms with Gasteiger partial charge < -0.3 is 19.2 Å². The van der Waals surface area contributed by atoms with E-state index in [4.69, 9.17) is 9.15 Å². The lowest BCUT2D eigenvalue weighted by atomic mass is 9.89. The number of H-pyrrole nitrogens is 1. The highest BCUT2D eigenvalue weighted by Crippen LogP contribution is 2.33. The Bertz CT molecular complexity index is 1140. The molecular weight excluding hydrogens is 398 g/mol. The van der Waals surface area contributed by atoms with Crippen LogP contribution in [0.15, 0.2) is 64.4 Å². The van der Waals surface area contributed by atoms with Crippen molar-refractivity contribution in [3.05, 3.63) is 65.9 Å². The van der Waals surface area contributed by atoms with Gasteiger partial charge in [0.15, 0.2) is 0 Å². The van der Waals surface area contributed by atoms with Crippen LogP contribution in [0.4, 0.5) is 0 Å². The third-order valence-electron chi connectivity index (χ3n) is 5.43. The van der Waals surface area contributed by atoms with E-state index in [9.17, 15) is 5.11 Å². The van der Waals surface area contributed by atoms with Crippen LogP contribution in [0.2, 0.25) is 0 Å². The molecule has 0 spiro atoms. The summed E-state index contributed by atoms with van der Waals surface area (Å²) >= 11 is 1.34. The highest BCUT2D eigenvalue weighted by atomic mass is 32.2. The number of hydrogen-bond acceptors (Lipinski definition) is 6. The van der Waals surface area contributed by atoms with E-state index in [2.05, 4.69) is 33.4 Å². The van der Waals surface area contributed by atoms with E-state index in [1.54, 1.807) is 0 Å². The molecule has 0 bridgehead atoms. The Morgan fingerprint density at radius 1 is 1.17 bits per heavy atom. The Balaban J connectivity index is 1.16. The number of benzene rings is 2. The first-order chi connectivity index (χ1) is 14.8. The molecule has 2 N–H and O–H groups in total. The second-order valence-corrected chi connectivity index (χ2v) is 8.47. The van der Waals surface area contributed by atoms with Crippen molar-refractivity contribution >= 4 is 22.7 Å². The Morgan fingerprint density at radius 2 is 2.03 bits per heavy atom. The first-order valence-electron chi connectivity index (χ1n) is 10.2. The number of rotatable bonds is 7. The van der Waals surface area contributed by atoms with Crippen LogP contribution in [0.25, 0.3) is 22.4 Å². The molecule has 7 heteroatoms. The summed E-state index contributed by atoms with van der Waals surface area (Å²) in [5, 5.41) is 20.1. The number of ether oxygens (including phenoxy) is 1. The molecule has 0 aliphatic heterocycles. The second kappa shape index (κ2) is 8.63. The van der Waals surface area contributed by atoms with Gasteiger partial charge >= 0.3 is 0 Å². The summed E-state index contributed by atoms with van der Waals surface area (Å²) in [6.07, 6.45) is 4.54. The molecule has 1 aliphatic rings. The highest BCUT2D eigenvalue weighted by molar-refractivity contribution is 7.99. The van der Waals surface area contributed by atoms with Crippen LogP contribution in [0, 0.1) is 0 Å². The van der Waals surface area contributed by atoms with Crippen molar-refractivity contribution in [3.63, 3.8) is 0 Å². The molecular formula is C23H23N3O3S. The normalized spacial score (nSPS) is 17.2. The molecule has 0 amide bonds. The van der Waals surface area contributed by atoms with Gasteiger partial charge in [0.2, 0.25) is 0 Å². The van der Waals surface area contributed by atoms with Crippen molar-refractivity contribution in [1.82, 2.24) is 15.2 Å². The van der Waals surface area contributed by atoms with E-state index >= 15 is 0 Å². The maximum atomic E-state index is 10.4. The third kappa shape index (κ3) is 4.01. The average Bonchev–Trinajstić information content (AvgIpc) is 3.43. The average molecular weight is 422 g/mol. The van der Waals surface area contributed by atoms with E-state index in [1.165, 1.54) is 22.9 Å². The van der Waals surface area contributed by atoms with Gasteiger partial charge in [-0.1, -0.05) is 54.2 Å². The number of nitrogens with zero attached hydrogens (tertiary/aromatic N) is 2. The van der Waals surface area contributed by atoms with Crippen LogP contribution >= 0.6 is 11.8 Å². The smallest absolute Gasteiger partial charge is 0.276 e. The summed E-state index contributed by atoms with van der Waals surface area (Å²) in [7, 11) is 0. The first kappa shape index (κ1) is 19.4. The van der Waals surface area contributed by atoms with Crippen molar-refractivity contribution in [1.29, 1.82) is 0 Å². The predicted molar refractivity (Wildman–Crippen MR) is 116 cm³/mol. The monoisotopic (exact) mass is 421 g/mol. The van der Waals surface area contributed by atoms with Crippen LogP contribution in [-0.4, -0.2) is 38.8 Å². The zero-order chi connectivity index (χ0) is 20.3. The summed E-state index contributed by atoms with van der Waals surface area (Å²) in [6, 6.07) is 16.4. The molecule has 154 valence electrons. The molecule has 6 nitrogen and oxygen atoms in total. The van der Waals surface area contributed by atoms with E-state index in [1.807, 2.05) is 36.5 Å². The minimum atomic E-state index is -0.604. The second-order valence-electron chi connectivity index (χ2n) is 7.50. The maximum Gasteiger partial charge on any atom is 0.276 e. The first-order valence-corrected chi connectivity index (χ1v) is 11.2. The molecule has 0 fully saturated rings. The number of aromatic amines is 1. The van der Waals surface area contributed by atoms with E-state index in [0.717, 1.165) is 35.7 Å². The number of hydrogen-bond donors (Lipinski definition) is 2. The number of para-hydroxylation sites is 1. The van der Waals surface area contributed by atoms with Crippen molar-refractivity contribution in [2.75, 3.05) is 12.4 Å². The highest BCUT2D eigenvalue weighted by Gasteiger charge is 2.21. The van der Waals surface area contributed by atoms with Gasteiger partial charge in [-0.2, -0.15) is 0 Å². The zero-order valence-electron chi connectivity index (χ0n) is 16.5. The van der Waals surface area contributed by atoms with E-state index in [0.29, 0.717) is 16.9 Å². The summed E-state index contributed by atoms with van der Waals surface area (Å²) in [5.41, 5.74) is 4.51. The molecule has 30 heavy (non-hydrogen) atoms. The predicted octanol–water partition coefficient (Wildman–Crippen LogP) is 4.77. The van der Waals surface area contributed by atoms with Gasteiger partial charge in [-0.15, -0.1) is 10.2 Å². The van der Waals surface area contributed by atoms with Crippen molar-refractivity contribution < 1.29 is 14.3 Å². The lowest BCUT2D eigenvalue weighted by molar-refractivity contribution is -0.00963. The fourth-order valence-electron chi connectivity index (χ4n) is 3.95. The van der Waals surface area contributed by atoms with Crippen LogP contribution in [0.3, 0.4) is 0 Å². The summed E-state index contributed by atoms with van der Waals surface area (Å²) in [4.78, 5) is 3.21. The Labute approximate surface area is 178 Å². The number of aliphatic hydroxyl groups is 1. The Hall–Kier alpha value is -2.61. The molecule has 4 aromatic rings. The molecule has 5 rings (SSSR count). The summed E-state index contributed by atoms with van der Waals surface area (Å²) in [6.45, 7) is 0.287. The number of thioether (sulfide) groups is 1. The molecule has 2 heterocycles. The van der Waals surface area contributed by atoms with Crippen LogP contribution in [0.1, 0.15) is 30.1 Å². The van der Waals surface area contributed by atoms with Crippen LogP contribution < -0.4 is 0 Å². The lowest BCUT2D eigenvalue weighted by Crippen LogP contribution is -2.22. The minimum Gasteiger partial charge on any atom is -0.411 e. The standard InChI is InChI=1S/C23H23N3O3S/c27-16(13-28-21-11-5-7-15-6-1-2-8-17(15)21)14-30-23-26-25-22(29-23)19-12-24-20-10-4-3-9-18(19)20/h1-4,6,8-10,12,16,21,24,27H,5,7,11,13-14H2/t16-,21-/m1/s1. The largest absolute Gasteiger partial charge is 0.411 e. The number of aryl methyl sites for hydroxylation is 1. The van der Waals surface area contributed by atoms with E-state index in [-0.39, 0.29) is 12.7 Å². The molecule has 2 aromatic carbocycles. The van der Waals surface area contributed by atoms with Gasteiger partial charge in [0, 0.05) is 22.9 Å². The molecule has 2 aromatic heterocycles. The quantitative estimate of drug-likeness (QED) is 0.418. The van der Waals surface area contributed by atoms with Crippen molar-refractivity contribution in [2.24, 2.45) is 0 Å². The Morgan fingerprint density at radius 3 is 3.00 bits per heavy atom. The molecule has 0 saturated carbocycles. The van der Waals surface area contributed by atoms with Crippen molar-refractivity contribution in [3.8, 4) is 11.5 Å². The Kier molecular flexibility index (Phi) is 5.57. The SMILES string of the molecule is O[C@H](CO[C@@H]1CCCc2ccccc21)CSc1nnc(-c2c[nH]c3ccccc23)o1. The summed E-state index contributed by atoms with van der Waals surface area (Å²) in [5.74, 6) is 0.906. The number of aliphatic hydroxyl groups excluding tert-OH is 1. The molecule has 0 unspecified atom stereocenters. The van der Waals surface area contributed by atoms with Gasteiger partial charge in [-0.25, -0.2) is 0 Å². The van der Waals surface area contributed by atoms with E-state index < -0.39 is 6.10 Å². The summed E-state index contributed by atoms with van der Waals surface area (Å²) < 4.78 is 11.8. The molecule has 2 atom stereocenters. The van der Waals surface area contributed by atoms with Gasteiger partial charge in [-0.05, 0) is 36.5 Å².